The average molecular weight is 491 g/mol. The minimum absolute atomic E-state index is 0.0350. The van der Waals surface area contributed by atoms with Crippen molar-refractivity contribution in [3.8, 4) is 0 Å². The van der Waals surface area contributed by atoms with Gasteiger partial charge in [0.15, 0.2) is 9.84 Å². The van der Waals surface area contributed by atoms with Crippen LogP contribution in [-0.4, -0.2) is 44.9 Å². The maximum Gasteiger partial charge on any atom is 0.255 e. The molecule has 1 amide bonds. The summed E-state index contributed by atoms with van der Waals surface area (Å²) in [5.74, 6) is -0.392. The number of hydrogen-bond donors (Lipinski definition) is 1. The summed E-state index contributed by atoms with van der Waals surface area (Å²) in [7, 11) is -6.94. The third-order valence-corrected chi connectivity index (χ3v) is 11.0. The van der Waals surface area contributed by atoms with Crippen LogP contribution in [0.1, 0.15) is 62.2 Å². The first-order valence-electron chi connectivity index (χ1n) is 11.5. The van der Waals surface area contributed by atoms with E-state index < -0.39 is 25.8 Å². The SMILES string of the molecule is CC1CCCCN1S(=O)(=O)c1ccc(C(=O)Nc2ccc(S(=O)(=O)C3CCCC3)cc2)cc1. The molecule has 0 radical (unpaired) electrons. The Morgan fingerprint density at radius 1 is 0.818 bits per heavy atom. The van der Waals surface area contributed by atoms with E-state index in [0.29, 0.717) is 30.6 Å². The number of benzene rings is 2. The van der Waals surface area contributed by atoms with Crippen molar-refractivity contribution in [1.82, 2.24) is 4.31 Å². The van der Waals surface area contributed by atoms with Crippen molar-refractivity contribution in [2.75, 3.05) is 11.9 Å². The highest BCUT2D eigenvalue weighted by molar-refractivity contribution is 7.92. The molecule has 1 unspecified atom stereocenters. The lowest BCUT2D eigenvalue weighted by Gasteiger charge is -2.32. The van der Waals surface area contributed by atoms with Gasteiger partial charge in [-0.25, -0.2) is 16.8 Å². The summed E-state index contributed by atoms with van der Waals surface area (Å²) in [6.07, 6.45) is 6.00. The van der Waals surface area contributed by atoms with Gasteiger partial charge in [0.25, 0.3) is 5.91 Å². The van der Waals surface area contributed by atoms with Crippen molar-refractivity contribution in [3.05, 3.63) is 54.1 Å². The van der Waals surface area contributed by atoms with Crippen LogP contribution in [0.3, 0.4) is 0 Å². The van der Waals surface area contributed by atoms with Crippen LogP contribution in [0, 0.1) is 0 Å². The number of amides is 1. The first-order chi connectivity index (χ1) is 15.7. The first-order valence-corrected chi connectivity index (χ1v) is 14.5. The summed E-state index contributed by atoms with van der Waals surface area (Å²) in [6, 6.07) is 12.1. The molecule has 1 aliphatic carbocycles. The van der Waals surface area contributed by atoms with Gasteiger partial charge in [-0.3, -0.25) is 4.79 Å². The molecule has 0 bridgehead atoms. The smallest absolute Gasteiger partial charge is 0.255 e. The number of sulfonamides is 1. The Labute approximate surface area is 196 Å². The van der Waals surface area contributed by atoms with Gasteiger partial charge >= 0.3 is 0 Å². The number of carbonyl (C=O) groups is 1. The van der Waals surface area contributed by atoms with E-state index in [9.17, 15) is 21.6 Å². The molecular weight excluding hydrogens is 460 g/mol. The lowest BCUT2D eigenvalue weighted by atomic mass is 10.1. The van der Waals surface area contributed by atoms with E-state index in [1.54, 1.807) is 12.1 Å². The van der Waals surface area contributed by atoms with Crippen molar-refractivity contribution in [1.29, 1.82) is 0 Å². The molecule has 1 heterocycles. The van der Waals surface area contributed by atoms with Gasteiger partial charge in [0.1, 0.15) is 0 Å². The van der Waals surface area contributed by atoms with E-state index in [2.05, 4.69) is 5.32 Å². The standard InChI is InChI=1S/C24H30N2O5S2/c1-18-6-4-5-17-26(18)33(30,31)23-13-9-19(10-14-23)24(27)25-20-11-15-22(16-12-20)32(28,29)21-7-2-3-8-21/h9-16,18,21H,2-8,17H2,1H3,(H,25,27). The largest absolute Gasteiger partial charge is 0.322 e. The van der Waals surface area contributed by atoms with Crippen molar-refractivity contribution in [3.63, 3.8) is 0 Å². The Morgan fingerprint density at radius 2 is 1.39 bits per heavy atom. The van der Waals surface area contributed by atoms with E-state index in [-0.39, 0.29) is 21.1 Å². The zero-order valence-corrected chi connectivity index (χ0v) is 20.4. The second-order valence-corrected chi connectivity index (χ2v) is 13.0. The van der Waals surface area contributed by atoms with E-state index in [1.165, 1.54) is 40.7 Å². The topological polar surface area (TPSA) is 101 Å². The third-order valence-electron chi connectivity index (χ3n) is 6.65. The Kier molecular flexibility index (Phi) is 6.93. The highest BCUT2D eigenvalue weighted by atomic mass is 32.2. The third kappa shape index (κ3) is 5.00. The minimum atomic E-state index is -3.59. The first kappa shape index (κ1) is 23.9. The van der Waals surface area contributed by atoms with Gasteiger partial charge in [-0.2, -0.15) is 4.31 Å². The minimum Gasteiger partial charge on any atom is -0.322 e. The molecule has 7 nitrogen and oxygen atoms in total. The summed E-state index contributed by atoms with van der Waals surface area (Å²) in [5, 5.41) is 2.42. The summed E-state index contributed by atoms with van der Waals surface area (Å²) < 4.78 is 52.8. The van der Waals surface area contributed by atoms with Crippen LogP contribution < -0.4 is 5.32 Å². The van der Waals surface area contributed by atoms with Gasteiger partial charge in [0.05, 0.1) is 15.0 Å². The van der Waals surface area contributed by atoms with Crippen molar-refractivity contribution < 1.29 is 21.6 Å². The van der Waals surface area contributed by atoms with Gasteiger partial charge in [-0.15, -0.1) is 0 Å². The highest BCUT2D eigenvalue weighted by Gasteiger charge is 2.31. The molecule has 2 aliphatic rings. The Bertz CT molecular complexity index is 1200. The molecule has 33 heavy (non-hydrogen) atoms. The number of nitrogens with zero attached hydrogens (tertiary/aromatic N) is 1. The average Bonchev–Trinajstić information content (AvgIpc) is 3.36. The fourth-order valence-electron chi connectivity index (χ4n) is 4.66. The summed E-state index contributed by atoms with van der Waals surface area (Å²) in [4.78, 5) is 13.1. The summed E-state index contributed by atoms with van der Waals surface area (Å²) in [6.45, 7) is 2.43. The molecule has 2 fully saturated rings. The monoisotopic (exact) mass is 490 g/mol. The number of rotatable bonds is 6. The number of sulfone groups is 1. The fourth-order valence-corrected chi connectivity index (χ4v) is 8.22. The van der Waals surface area contributed by atoms with Crippen LogP contribution in [0.5, 0.6) is 0 Å². The molecular formula is C24H30N2O5S2. The maximum absolute atomic E-state index is 13.0. The zero-order chi connectivity index (χ0) is 23.6. The quantitative estimate of drug-likeness (QED) is 0.653. The lowest BCUT2D eigenvalue weighted by Crippen LogP contribution is -2.41. The van der Waals surface area contributed by atoms with E-state index in [1.807, 2.05) is 6.92 Å². The highest BCUT2D eigenvalue weighted by Crippen LogP contribution is 2.30. The van der Waals surface area contributed by atoms with Crippen LogP contribution >= 0.6 is 0 Å². The number of carbonyl (C=O) groups excluding carboxylic acids is 1. The van der Waals surface area contributed by atoms with E-state index in [0.717, 1.165) is 32.1 Å². The molecule has 1 atom stereocenters. The van der Waals surface area contributed by atoms with Gasteiger partial charge < -0.3 is 5.32 Å². The molecule has 1 N–H and O–H groups in total. The lowest BCUT2D eigenvalue weighted by molar-refractivity contribution is 0.102. The molecule has 2 aromatic carbocycles. The molecule has 178 valence electrons. The Hall–Kier alpha value is -2.23. The van der Waals surface area contributed by atoms with Crippen LogP contribution in [-0.2, 0) is 19.9 Å². The van der Waals surface area contributed by atoms with Crippen LogP contribution in [0.25, 0.3) is 0 Å². The summed E-state index contributed by atoms with van der Waals surface area (Å²) >= 11 is 0. The van der Waals surface area contributed by atoms with Crippen LogP contribution in [0.2, 0.25) is 0 Å². The molecule has 1 saturated heterocycles. The molecule has 9 heteroatoms. The molecule has 1 saturated carbocycles. The van der Waals surface area contributed by atoms with Crippen molar-refractivity contribution >= 4 is 31.5 Å². The predicted octanol–water partition coefficient (Wildman–Crippen LogP) is 4.22. The van der Waals surface area contributed by atoms with Gasteiger partial charge in [0.2, 0.25) is 10.0 Å². The predicted molar refractivity (Wildman–Crippen MR) is 127 cm³/mol. The van der Waals surface area contributed by atoms with Crippen molar-refractivity contribution in [2.24, 2.45) is 0 Å². The maximum atomic E-state index is 13.0. The van der Waals surface area contributed by atoms with Gasteiger partial charge in [-0.1, -0.05) is 19.3 Å². The second kappa shape index (κ2) is 9.56. The fraction of sp³-hybridized carbons (Fsp3) is 0.458. The molecule has 0 spiro atoms. The summed E-state index contributed by atoms with van der Waals surface area (Å²) in [5.41, 5.74) is 0.799. The normalized spacial score (nSPS) is 20.6. The number of nitrogens with one attached hydrogen (secondary N) is 1. The van der Waals surface area contributed by atoms with Gasteiger partial charge in [-0.05, 0) is 81.1 Å². The molecule has 0 aromatic heterocycles. The van der Waals surface area contributed by atoms with E-state index >= 15 is 0 Å². The molecule has 4 rings (SSSR count). The number of anilines is 1. The van der Waals surface area contributed by atoms with Gasteiger partial charge in [0, 0.05) is 23.8 Å². The Morgan fingerprint density at radius 3 is 2.00 bits per heavy atom. The van der Waals surface area contributed by atoms with Crippen LogP contribution in [0.15, 0.2) is 58.3 Å². The number of hydrogen-bond acceptors (Lipinski definition) is 5. The van der Waals surface area contributed by atoms with E-state index in [4.69, 9.17) is 0 Å². The molecule has 2 aromatic rings. The van der Waals surface area contributed by atoms with Crippen LogP contribution in [0.4, 0.5) is 5.69 Å². The molecule has 1 aliphatic heterocycles. The van der Waals surface area contributed by atoms with Crippen molar-refractivity contribution in [2.45, 2.75) is 73.0 Å². The zero-order valence-electron chi connectivity index (χ0n) is 18.7. The Balaban J connectivity index is 1.44. The number of piperidine rings is 1. The second-order valence-electron chi connectivity index (χ2n) is 8.91.